The molecule has 23 heavy (non-hydrogen) atoms. The first-order valence-electron chi connectivity index (χ1n) is 7.86. The van der Waals surface area contributed by atoms with Crippen LogP contribution in [0, 0.1) is 0 Å². The van der Waals surface area contributed by atoms with E-state index >= 15 is 0 Å². The molecule has 0 saturated carbocycles. The normalized spacial score (nSPS) is 18.3. The third-order valence-corrected chi connectivity index (χ3v) is 5.07. The number of hydrogen-bond acceptors (Lipinski definition) is 5. The van der Waals surface area contributed by atoms with Gasteiger partial charge in [-0.15, -0.1) is 0 Å². The van der Waals surface area contributed by atoms with E-state index < -0.39 is 0 Å². The van der Waals surface area contributed by atoms with Gasteiger partial charge < -0.3 is 15.1 Å². The quantitative estimate of drug-likeness (QED) is 0.550. The van der Waals surface area contributed by atoms with Gasteiger partial charge in [-0.05, 0) is 30.7 Å². The minimum absolute atomic E-state index is 0.589. The molecule has 1 saturated heterocycles. The van der Waals surface area contributed by atoms with Gasteiger partial charge in [-0.2, -0.15) is 16.9 Å². The predicted octanol–water partition coefficient (Wildman–Crippen LogP) is 1.67. The van der Waals surface area contributed by atoms with E-state index in [1.54, 1.807) is 13.3 Å². The zero-order valence-corrected chi connectivity index (χ0v) is 14.0. The zero-order valence-electron chi connectivity index (χ0n) is 13.2. The first kappa shape index (κ1) is 15.9. The molecule has 2 aromatic rings. The highest BCUT2D eigenvalue weighted by Gasteiger charge is 2.15. The molecule has 1 fully saturated rings. The van der Waals surface area contributed by atoms with Crippen LogP contribution in [0.25, 0.3) is 11.6 Å². The minimum Gasteiger partial charge on any atom is -0.461 e. The number of thioether (sulfide) groups is 1. The lowest BCUT2D eigenvalue weighted by molar-refractivity contribution is 0.577. The molecule has 3 heterocycles. The summed E-state index contributed by atoms with van der Waals surface area (Å²) in [4.78, 5) is 8.67. The Labute approximate surface area is 139 Å². The second-order valence-electron chi connectivity index (χ2n) is 5.35. The zero-order chi connectivity index (χ0) is 15.9. The van der Waals surface area contributed by atoms with Gasteiger partial charge in [0.25, 0.3) is 0 Å². The van der Waals surface area contributed by atoms with Crippen LogP contribution >= 0.6 is 11.8 Å². The molecular weight excluding hydrogens is 312 g/mol. The lowest BCUT2D eigenvalue weighted by Gasteiger charge is -2.14. The fraction of sp³-hybridized carbons (Fsp3) is 0.533. The number of rotatable bonds is 6. The third-order valence-electron chi connectivity index (χ3n) is 3.67. The highest BCUT2D eigenvalue weighted by molar-refractivity contribution is 8.00. The minimum atomic E-state index is 0.589. The van der Waals surface area contributed by atoms with Gasteiger partial charge >= 0.3 is 0 Å². The van der Waals surface area contributed by atoms with E-state index in [4.69, 9.17) is 4.42 Å². The SMILES string of the molecule is CN=C(NCCc1nc(-c2ccco2)n[nH]1)NCC1CCCS1. The maximum Gasteiger partial charge on any atom is 0.216 e. The molecule has 0 radical (unpaired) electrons. The Kier molecular flexibility index (Phi) is 5.57. The van der Waals surface area contributed by atoms with Crippen LogP contribution in [0.1, 0.15) is 18.7 Å². The average molecular weight is 334 g/mol. The summed E-state index contributed by atoms with van der Waals surface area (Å²) in [6.45, 7) is 1.71. The van der Waals surface area contributed by atoms with E-state index in [2.05, 4.69) is 30.8 Å². The van der Waals surface area contributed by atoms with Crippen molar-refractivity contribution in [3.63, 3.8) is 0 Å². The smallest absolute Gasteiger partial charge is 0.216 e. The van der Waals surface area contributed by atoms with Gasteiger partial charge in [0.15, 0.2) is 11.7 Å². The molecule has 1 aliphatic rings. The van der Waals surface area contributed by atoms with Crippen molar-refractivity contribution >= 4 is 17.7 Å². The molecule has 1 atom stereocenters. The summed E-state index contributed by atoms with van der Waals surface area (Å²) in [5.74, 6) is 4.20. The van der Waals surface area contributed by atoms with Crippen LogP contribution in [0.5, 0.6) is 0 Å². The number of aliphatic imine (C=N–C) groups is 1. The molecule has 3 rings (SSSR count). The lowest BCUT2D eigenvalue weighted by Crippen LogP contribution is -2.41. The summed E-state index contributed by atoms with van der Waals surface area (Å²) < 4.78 is 5.28. The second kappa shape index (κ2) is 8.05. The Morgan fingerprint density at radius 2 is 2.48 bits per heavy atom. The van der Waals surface area contributed by atoms with Gasteiger partial charge in [0.1, 0.15) is 5.82 Å². The summed E-state index contributed by atoms with van der Waals surface area (Å²) in [5.41, 5.74) is 0. The summed E-state index contributed by atoms with van der Waals surface area (Å²) in [5, 5.41) is 14.5. The number of guanidine groups is 1. The standard InChI is InChI=1S/C15H22N6OS/c1-16-15(18-10-11-4-3-9-23-11)17-7-6-13-19-14(21-20-13)12-5-2-8-22-12/h2,5,8,11H,3-4,6-7,9-10H2,1H3,(H2,16,17,18)(H,19,20,21). The van der Waals surface area contributed by atoms with Crippen molar-refractivity contribution < 1.29 is 4.42 Å². The average Bonchev–Trinajstić information content (AvgIpc) is 3.32. The molecule has 2 aromatic heterocycles. The maximum atomic E-state index is 5.28. The van der Waals surface area contributed by atoms with Crippen LogP contribution in [0.3, 0.4) is 0 Å². The Bertz CT molecular complexity index is 618. The monoisotopic (exact) mass is 334 g/mol. The first-order valence-corrected chi connectivity index (χ1v) is 8.91. The van der Waals surface area contributed by atoms with Gasteiger partial charge in [0.05, 0.1) is 6.26 Å². The molecule has 1 aliphatic heterocycles. The number of furan rings is 1. The highest BCUT2D eigenvalue weighted by Crippen LogP contribution is 2.25. The highest BCUT2D eigenvalue weighted by atomic mass is 32.2. The second-order valence-corrected chi connectivity index (χ2v) is 6.76. The van der Waals surface area contributed by atoms with Crippen molar-refractivity contribution in [1.82, 2.24) is 25.8 Å². The van der Waals surface area contributed by atoms with Crippen molar-refractivity contribution in [2.45, 2.75) is 24.5 Å². The fourth-order valence-electron chi connectivity index (χ4n) is 2.46. The van der Waals surface area contributed by atoms with Crippen molar-refractivity contribution in [2.75, 3.05) is 25.9 Å². The topological polar surface area (TPSA) is 91.1 Å². The van der Waals surface area contributed by atoms with E-state index in [-0.39, 0.29) is 0 Å². The van der Waals surface area contributed by atoms with Crippen LogP contribution < -0.4 is 10.6 Å². The van der Waals surface area contributed by atoms with Gasteiger partial charge in [-0.25, -0.2) is 4.98 Å². The molecule has 0 aliphatic carbocycles. The van der Waals surface area contributed by atoms with Gasteiger partial charge in [0.2, 0.25) is 5.82 Å². The van der Waals surface area contributed by atoms with Crippen LogP contribution in [0.2, 0.25) is 0 Å². The Morgan fingerprint density at radius 1 is 1.52 bits per heavy atom. The van der Waals surface area contributed by atoms with Gasteiger partial charge in [0, 0.05) is 31.8 Å². The van der Waals surface area contributed by atoms with Crippen LogP contribution in [0.4, 0.5) is 0 Å². The van der Waals surface area contributed by atoms with Crippen molar-refractivity contribution in [3.05, 3.63) is 24.2 Å². The third kappa shape index (κ3) is 4.51. The summed E-state index contributed by atoms with van der Waals surface area (Å²) in [7, 11) is 1.79. The molecule has 0 bridgehead atoms. The van der Waals surface area contributed by atoms with Crippen molar-refractivity contribution in [1.29, 1.82) is 0 Å². The Balaban J connectivity index is 1.41. The summed E-state index contributed by atoms with van der Waals surface area (Å²) in [6.07, 6.45) is 4.98. The maximum absolute atomic E-state index is 5.28. The molecule has 124 valence electrons. The number of aromatic amines is 1. The van der Waals surface area contributed by atoms with Gasteiger partial charge in [-0.3, -0.25) is 10.1 Å². The molecule has 0 amide bonds. The van der Waals surface area contributed by atoms with E-state index in [9.17, 15) is 0 Å². The van der Waals surface area contributed by atoms with Crippen LogP contribution in [0.15, 0.2) is 27.8 Å². The predicted molar refractivity (Wildman–Crippen MR) is 92.6 cm³/mol. The van der Waals surface area contributed by atoms with E-state index in [1.807, 2.05) is 23.9 Å². The van der Waals surface area contributed by atoms with Crippen molar-refractivity contribution in [3.8, 4) is 11.6 Å². The van der Waals surface area contributed by atoms with E-state index in [0.717, 1.165) is 31.3 Å². The summed E-state index contributed by atoms with van der Waals surface area (Å²) in [6, 6.07) is 3.67. The Hall–Kier alpha value is -1.96. The molecule has 1 unspecified atom stereocenters. The van der Waals surface area contributed by atoms with Crippen molar-refractivity contribution in [2.24, 2.45) is 4.99 Å². The number of aromatic nitrogens is 3. The molecule has 7 nitrogen and oxygen atoms in total. The largest absolute Gasteiger partial charge is 0.461 e. The first-order chi connectivity index (χ1) is 11.3. The van der Waals surface area contributed by atoms with Crippen LogP contribution in [-0.4, -0.2) is 52.3 Å². The summed E-state index contributed by atoms with van der Waals surface area (Å²) >= 11 is 2.04. The number of H-pyrrole nitrogens is 1. The molecule has 8 heteroatoms. The van der Waals surface area contributed by atoms with Gasteiger partial charge in [-0.1, -0.05) is 0 Å². The van der Waals surface area contributed by atoms with E-state index in [1.165, 1.54) is 18.6 Å². The number of nitrogens with zero attached hydrogens (tertiary/aromatic N) is 3. The molecule has 0 spiro atoms. The fourth-order valence-corrected chi connectivity index (χ4v) is 3.66. The Morgan fingerprint density at radius 3 is 3.22 bits per heavy atom. The number of nitrogens with one attached hydrogen (secondary N) is 3. The molecular formula is C15H22N6OS. The van der Waals surface area contributed by atoms with E-state index in [0.29, 0.717) is 16.8 Å². The van der Waals surface area contributed by atoms with Crippen LogP contribution in [-0.2, 0) is 6.42 Å². The number of hydrogen-bond donors (Lipinski definition) is 3. The molecule has 0 aromatic carbocycles. The molecule has 3 N–H and O–H groups in total. The lowest BCUT2D eigenvalue weighted by atomic mass is 10.2.